The summed E-state index contributed by atoms with van der Waals surface area (Å²) in [5, 5.41) is 75.1. The molecule has 2 aromatic carbocycles. The van der Waals surface area contributed by atoms with Gasteiger partial charge in [-0.1, -0.05) is 0 Å². The van der Waals surface area contributed by atoms with Crippen molar-refractivity contribution in [3.8, 4) is 35.1 Å². The van der Waals surface area contributed by atoms with Crippen LogP contribution in [-0.4, -0.2) is 84.4 Å². The summed E-state index contributed by atoms with van der Waals surface area (Å²) in [4.78, 5) is 55.6. The number of carbonyl (C=O) groups excluding carboxylic acids is 3. The van der Waals surface area contributed by atoms with Gasteiger partial charge in [0.15, 0.2) is 11.5 Å². The molecule has 0 aliphatic heterocycles. The van der Waals surface area contributed by atoms with E-state index in [9.17, 15) is 44.8 Å². The van der Waals surface area contributed by atoms with Gasteiger partial charge in [-0.3, -0.25) is 34.6 Å². The number of aromatic hydroxyl groups is 4. The Morgan fingerprint density at radius 2 is 1.22 bits per heavy atom. The number of carbonyl (C=O) groups is 3. The molecule has 2 rings (SSSR count). The molecule has 0 fully saturated rings. The van der Waals surface area contributed by atoms with Crippen molar-refractivity contribution < 1.29 is 44.7 Å². The highest BCUT2D eigenvalue weighted by atomic mass is 16.6. The summed E-state index contributed by atoms with van der Waals surface area (Å²) in [6.45, 7) is 9.53. The minimum atomic E-state index is -0.887. The third kappa shape index (κ3) is 11.5. The summed E-state index contributed by atoms with van der Waals surface area (Å²) < 4.78 is 0. The summed E-state index contributed by atoms with van der Waals surface area (Å²) in [5.74, 6) is -3.68. The lowest BCUT2D eigenvalue weighted by Gasteiger charge is -2.17. The van der Waals surface area contributed by atoms with Crippen LogP contribution in [0, 0.1) is 42.9 Å². The second kappa shape index (κ2) is 19.1. The van der Waals surface area contributed by atoms with E-state index in [-0.39, 0.29) is 29.0 Å². The summed E-state index contributed by atoms with van der Waals surface area (Å²) in [6, 6.07) is 7.39. The molecule has 0 atom stereocenters. The second-order valence-corrected chi connectivity index (χ2v) is 8.50. The van der Waals surface area contributed by atoms with Crippen molar-refractivity contribution in [2.24, 2.45) is 0 Å². The molecule has 0 unspecified atom stereocenters. The van der Waals surface area contributed by atoms with Crippen LogP contribution in [0.15, 0.2) is 29.8 Å². The van der Waals surface area contributed by atoms with Crippen molar-refractivity contribution in [2.45, 2.75) is 34.1 Å². The average Bonchev–Trinajstić information content (AvgIpc) is 3.00. The third-order valence-electron chi connectivity index (χ3n) is 5.77. The SMILES string of the molecule is CCN(CC)C(=O)C(C#N)=Cc1cc(O)c(O)c([N+](=O)[O-])c1.CCN(CC)C(=O)CC#N.O=Cc1cc(O)c(O)c([N+](=O)[O-])c1. The first-order valence-electron chi connectivity index (χ1n) is 13.1. The van der Waals surface area contributed by atoms with Crippen molar-refractivity contribution in [1.29, 1.82) is 10.5 Å². The van der Waals surface area contributed by atoms with Crippen LogP contribution in [0.4, 0.5) is 11.4 Å². The van der Waals surface area contributed by atoms with Crippen LogP contribution in [0.1, 0.15) is 50.0 Å². The van der Waals surface area contributed by atoms with Crippen molar-refractivity contribution >= 4 is 35.6 Å². The van der Waals surface area contributed by atoms with Gasteiger partial charge in [0.2, 0.25) is 17.4 Å². The highest BCUT2D eigenvalue weighted by Gasteiger charge is 2.21. The van der Waals surface area contributed by atoms with E-state index < -0.39 is 50.1 Å². The molecule has 45 heavy (non-hydrogen) atoms. The van der Waals surface area contributed by atoms with Crippen LogP contribution in [-0.2, 0) is 9.59 Å². The standard InChI is InChI=1S/C14H15N3O5.C7H12N2O.C7H5NO5/c1-3-16(4-2)14(20)10(8-15)5-9-6-11(17(21)22)13(19)12(18)7-9;1-3-9(4-2)7(10)5-6-8;9-3-4-1-5(8(12)13)7(11)6(10)2-4/h5-7,18-19H,3-4H2,1-2H3;3-5H2,1-2H3;1-3,10-11H. The number of aldehydes is 1. The lowest BCUT2D eigenvalue weighted by atomic mass is 10.1. The second-order valence-electron chi connectivity index (χ2n) is 8.50. The molecular formula is C28H32N6O11. The first-order valence-corrected chi connectivity index (χ1v) is 13.1. The molecule has 17 nitrogen and oxygen atoms in total. The summed E-state index contributed by atoms with van der Waals surface area (Å²) >= 11 is 0. The van der Waals surface area contributed by atoms with E-state index in [1.165, 1.54) is 4.90 Å². The first kappa shape index (κ1) is 38.8. The molecule has 2 amide bonds. The maximum absolute atomic E-state index is 12.1. The molecule has 0 saturated heterocycles. The predicted octanol–water partition coefficient (Wildman–Crippen LogP) is 3.37. The monoisotopic (exact) mass is 628 g/mol. The number of amides is 2. The Hall–Kier alpha value is -6.23. The Bertz CT molecular complexity index is 1520. The van der Waals surface area contributed by atoms with Gasteiger partial charge in [0, 0.05) is 43.9 Å². The molecule has 0 bridgehead atoms. The Morgan fingerprint density at radius 3 is 1.58 bits per heavy atom. The molecule has 0 radical (unpaired) electrons. The largest absolute Gasteiger partial charge is 0.504 e. The topological polar surface area (TPSA) is 272 Å². The lowest BCUT2D eigenvalue weighted by Crippen LogP contribution is -2.31. The number of phenols is 4. The van der Waals surface area contributed by atoms with Gasteiger partial charge in [-0.2, -0.15) is 10.5 Å². The molecule has 17 heteroatoms. The van der Waals surface area contributed by atoms with Gasteiger partial charge < -0.3 is 30.2 Å². The first-order chi connectivity index (χ1) is 21.2. The maximum Gasteiger partial charge on any atom is 0.315 e. The zero-order chi connectivity index (χ0) is 34.9. The van der Waals surface area contributed by atoms with Gasteiger partial charge in [-0.15, -0.1) is 0 Å². The molecule has 2 aromatic rings. The zero-order valence-electron chi connectivity index (χ0n) is 24.8. The number of rotatable bonds is 10. The van der Waals surface area contributed by atoms with Crippen LogP contribution < -0.4 is 0 Å². The number of nitriles is 2. The lowest BCUT2D eigenvalue weighted by molar-refractivity contribution is -0.386. The number of phenolic OH excluding ortho intramolecular Hbond substituents is 4. The Morgan fingerprint density at radius 1 is 0.800 bits per heavy atom. The number of nitro groups is 2. The number of nitro benzene ring substituents is 2. The fourth-order valence-electron chi connectivity index (χ4n) is 3.43. The molecule has 0 saturated carbocycles. The van der Waals surface area contributed by atoms with E-state index in [1.807, 2.05) is 19.9 Å². The molecular weight excluding hydrogens is 596 g/mol. The zero-order valence-corrected chi connectivity index (χ0v) is 24.8. The van der Waals surface area contributed by atoms with Crippen molar-refractivity contribution in [2.75, 3.05) is 26.2 Å². The number of hydrogen-bond donors (Lipinski definition) is 4. The van der Waals surface area contributed by atoms with E-state index >= 15 is 0 Å². The quantitative estimate of drug-likeness (QED) is 0.0734. The molecule has 0 spiro atoms. The summed E-state index contributed by atoms with van der Waals surface area (Å²) in [7, 11) is 0. The van der Waals surface area contributed by atoms with E-state index in [1.54, 1.807) is 24.8 Å². The van der Waals surface area contributed by atoms with Crippen molar-refractivity contribution in [3.63, 3.8) is 0 Å². The highest BCUT2D eigenvalue weighted by Crippen LogP contribution is 2.37. The van der Waals surface area contributed by atoms with Gasteiger partial charge in [0.05, 0.1) is 15.9 Å². The van der Waals surface area contributed by atoms with Crippen LogP contribution >= 0.6 is 0 Å². The number of nitrogens with zero attached hydrogens (tertiary/aromatic N) is 6. The number of hydrogen-bond acceptors (Lipinski definition) is 13. The number of likely N-dealkylation sites (N-methyl/N-ethyl adjacent to an activating group) is 1. The van der Waals surface area contributed by atoms with Gasteiger partial charge in [-0.25, -0.2) is 0 Å². The van der Waals surface area contributed by atoms with Crippen molar-refractivity contribution in [3.05, 3.63) is 61.2 Å². The normalized spacial score (nSPS) is 9.96. The van der Waals surface area contributed by atoms with Crippen LogP contribution in [0.5, 0.6) is 23.0 Å². The minimum absolute atomic E-state index is 0.00167. The predicted molar refractivity (Wildman–Crippen MR) is 158 cm³/mol. The van der Waals surface area contributed by atoms with Crippen molar-refractivity contribution in [1.82, 2.24) is 9.80 Å². The van der Waals surface area contributed by atoms with E-state index in [0.29, 0.717) is 32.5 Å². The summed E-state index contributed by atoms with van der Waals surface area (Å²) in [6.07, 6.45) is 1.47. The molecule has 0 aromatic heterocycles. The van der Waals surface area contributed by atoms with Crippen LogP contribution in [0.3, 0.4) is 0 Å². The average molecular weight is 629 g/mol. The molecule has 0 aliphatic carbocycles. The molecule has 240 valence electrons. The minimum Gasteiger partial charge on any atom is -0.504 e. The smallest absolute Gasteiger partial charge is 0.315 e. The maximum atomic E-state index is 12.1. The van der Waals surface area contributed by atoms with Gasteiger partial charge in [-0.05, 0) is 51.5 Å². The molecule has 0 aliphatic rings. The summed E-state index contributed by atoms with van der Waals surface area (Å²) in [5.41, 5.74) is -1.62. The Balaban J connectivity index is 0.000000713. The van der Waals surface area contributed by atoms with Gasteiger partial charge in [0.25, 0.3) is 5.91 Å². The fourth-order valence-corrected chi connectivity index (χ4v) is 3.43. The molecule has 4 N–H and O–H groups in total. The van der Waals surface area contributed by atoms with E-state index in [0.717, 1.165) is 30.3 Å². The van der Waals surface area contributed by atoms with E-state index in [2.05, 4.69) is 0 Å². The van der Waals surface area contributed by atoms with Crippen LogP contribution in [0.2, 0.25) is 0 Å². The Labute approximate surface area is 257 Å². The van der Waals surface area contributed by atoms with Gasteiger partial charge in [0.1, 0.15) is 24.3 Å². The fraction of sp³-hybridized carbons (Fsp3) is 0.321. The number of benzene rings is 2. The van der Waals surface area contributed by atoms with Gasteiger partial charge >= 0.3 is 11.4 Å². The Kier molecular flexibility index (Phi) is 16.4. The van der Waals surface area contributed by atoms with Crippen LogP contribution in [0.25, 0.3) is 6.08 Å². The third-order valence-corrected chi connectivity index (χ3v) is 5.77. The van der Waals surface area contributed by atoms with E-state index in [4.69, 9.17) is 20.7 Å². The molecule has 0 heterocycles. The highest BCUT2D eigenvalue weighted by molar-refractivity contribution is 6.01.